The number of pyridine rings is 1. The van der Waals surface area contributed by atoms with Gasteiger partial charge < -0.3 is 15.6 Å². The summed E-state index contributed by atoms with van der Waals surface area (Å²) in [5.74, 6) is 0.742. The molecular weight excluding hydrogens is 458 g/mol. The monoisotopic (exact) mass is 481 g/mol. The molecule has 3 N–H and O–H groups in total. The van der Waals surface area contributed by atoms with Crippen LogP contribution in [0, 0.1) is 0 Å². The summed E-state index contributed by atoms with van der Waals surface area (Å²) in [5, 5.41) is 1.90. The molecule has 1 saturated heterocycles. The van der Waals surface area contributed by atoms with Gasteiger partial charge in [-0.2, -0.15) is 0 Å². The van der Waals surface area contributed by atoms with Crippen LogP contribution >= 0.6 is 23.4 Å². The van der Waals surface area contributed by atoms with E-state index in [0.29, 0.717) is 27.3 Å². The van der Waals surface area contributed by atoms with Crippen LogP contribution in [-0.2, 0) is 16.4 Å². The maximum Gasteiger partial charge on any atom is 0.244 e. The Balaban J connectivity index is 1.77. The number of fused-ring (bicyclic) bond motifs is 1. The van der Waals surface area contributed by atoms with Crippen LogP contribution in [0.1, 0.15) is 19.0 Å². The summed E-state index contributed by atoms with van der Waals surface area (Å²) in [6.45, 7) is 3.50. The molecule has 1 aliphatic rings. The molecular formula is C19H24ClN7O2S2. The van der Waals surface area contributed by atoms with E-state index in [0.717, 1.165) is 40.6 Å². The van der Waals surface area contributed by atoms with Gasteiger partial charge in [0.15, 0.2) is 5.16 Å². The molecule has 0 radical (unpaired) electrons. The standard InChI is InChI=1S/C19H24ClN7O2S2/c1-4-14-16(20)15-17(23-14)24-19(25-18(15)27-6-5-11(21)10-27)30-12-7-13(9-22-8-12)31(28,29)26(2)3/h7-9,11H,4-6,10,21H2,1-3H3,(H,23,24,25)/t11-/m1/s1. The zero-order chi connectivity index (χ0) is 22.3. The quantitative estimate of drug-likeness (QED) is 0.515. The second kappa shape index (κ2) is 8.55. The van der Waals surface area contributed by atoms with E-state index in [4.69, 9.17) is 22.3 Å². The van der Waals surface area contributed by atoms with Crippen LogP contribution in [0.15, 0.2) is 33.4 Å². The van der Waals surface area contributed by atoms with Gasteiger partial charge in [0.25, 0.3) is 0 Å². The van der Waals surface area contributed by atoms with Gasteiger partial charge in [0, 0.05) is 56.2 Å². The normalized spacial score (nSPS) is 17.2. The smallest absolute Gasteiger partial charge is 0.244 e. The van der Waals surface area contributed by atoms with Crippen molar-refractivity contribution in [2.75, 3.05) is 32.1 Å². The van der Waals surface area contributed by atoms with E-state index in [9.17, 15) is 8.42 Å². The van der Waals surface area contributed by atoms with Gasteiger partial charge in [0.1, 0.15) is 16.4 Å². The number of rotatable bonds is 6. The first-order valence-electron chi connectivity index (χ1n) is 9.84. The van der Waals surface area contributed by atoms with Crippen molar-refractivity contribution in [3.8, 4) is 0 Å². The molecule has 0 aliphatic carbocycles. The van der Waals surface area contributed by atoms with E-state index in [2.05, 4.69) is 19.9 Å². The van der Waals surface area contributed by atoms with Gasteiger partial charge in [-0.3, -0.25) is 4.98 Å². The second-order valence-electron chi connectivity index (χ2n) is 7.57. The van der Waals surface area contributed by atoms with Crippen LogP contribution in [0.25, 0.3) is 11.0 Å². The van der Waals surface area contributed by atoms with Crippen molar-refractivity contribution in [3.63, 3.8) is 0 Å². The SMILES string of the molecule is CCc1[nH]c2nc(Sc3cncc(S(=O)(=O)N(C)C)c3)nc(N3CC[C@@H](N)C3)c2c1Cl. The van der Waals surface area contributed by atoms with Crippen molar-refractivity contribution in [2.45, 2.75) is 40.8 Å². The second-order valence-corrected chi connectivity index (χ2v) is 11.1. The number of sulfonamides is 1. The summed E-state index contributed by atoms with van der Waals surface area (Å²) in [6.07, 6.45) is 4.55. The zero-order valence-electron chi connectivity index (χ0n) is 17.5. The summed E-state index contributed by atoms with van der Waals surface area (Å²) >= 11 is 7.89. The fraction of sp³-hybridized carbons (Fsp3) is 0.421. The molecule has 0 saturated carbocycles. The minimum Gasteiger partial charge on any atom is -0.354 e. The fourth-order valence-corrected chi connectivity index (χ4v) is 5.58. The van der Waals surface area contributed by atoms with Crippen LogP contribution in [-0.4, -0.2) is 65.9 Å². The number of aromatic nitrogens is 4. The van der Waals surface area contributed by atoms with E-state index in [1.807, 2.05) is 6.92 Å². The maximum absolute atomic E-state index is 12.5. The Bertz CT molecular complexity index is 1230. The molecule has 1 atom stereocenters. The molecule has 0 bridgehead atoms. The van der Waals surface area contributed by atoms with Gasteiger partial charge in [0.2, 0.25) is 10.0 Å². The van der Waals surface area contributed by atoms with Gasteiger partial charge in [-0.1, -0.05) is 18.5 Å². The fourth-order valence-electron chi connectivity index (χ4n) is 3.48. The van der Waals surface area contributed by atoms with Gasteiger partial charge >= 0.3 is 0 Å². The van der Waals surface area contributed by atoms with Crippen LogP contribution in [0.2, 0.25) is 5.02 Å². The lowest BCUT2D eigenvalue weighted by Gasteiger charge is -2.18. The summed E-state index contributed by atoms with van der Waals surface area (Å²) in [7, 11) is -0.617. The number of hydrogen-bond acceptors (Lipinski definition) is 8. The first kappa shape index (κ1) is 22.3. The van der Waals surface area contributed by atoms with Crippen LogP contribution in [0.4, 0.5) is 5.82 Å². The third-order valence-corrected chi connectivity index (χ3v) is 8.20. The lowest BCUT2D eigenvalue weighted by molar-refractivity contribution is 0.520. The molecule has 31 heavy (non-hydrogen) atoms. The van der Waals surface area contributed by atoms with Crippen LogP contribution < -0.4 is 10.6 Å². The molecule has 166 valence electrons. The molecule has 3 aromatic rings. The van der Waals surface area contributed by atoms with Crippen molar-refractivity contribution in [2.24, 2.45) is 5.73 Å². The molecule has 9 nitrogen and oxygen atoms in total. The first-order chi connectivity index (χ1) is 14.7. The number of aryl methyl sites for hydroxylation is 1. The van der Waals surface area contributed by atoms with E-state index in [-0.39, 0.29) is 10.9 Å². The lowest BCUT2D eigenvalue weighted by atomic mass is 10.3. The molecule has 1 aliphatic heterocycles. The number of nitrogens with one attached hydrogen (secondary N) is 1. The highest BCUT2D eigenvalue weighted by atomic mass is 35.5. The minimum absolute atomic E-state index is 0.0848. The number of halogens is 1. The van der Waals surface area contributed by atoms with Crippen LogP contribution in [0.5, 0.6) is 0 Å². The predicted molar refractivity (Wildman–Crippen MR) is 122 cm³/mol. The maximum atomic E-state index is 12.5. The van der Waals surface area contributed by atoms with Gasteiger partial charge in [-0.25, -0.2) is 22.7 Å². The average molecular weight is 482 g/mol. The van der Waals surface area contributed by atoms with E-state index >= 15 is 0 Å². The van der Waals surface area contributed by atoms with Gasteiger partial charge in [0.05, 0.1) is 10.4 Å². The number of hydrogen-bond donors (Lipinski definition) is 2. The van der Waals surface area contributed by atoms with Crippen LogP contribution in [0.3, 0.4) is 0 Å². The molecule has 0 unspecified atom stereocenters. The highest BCUT2D eigenvalue weighted by molar-refractivity contribution is 7.99. The van der Waals surface area contributed by atoms with Crippen molar-refractivity contribution in [1.29, 1.82) is 0 Å². The number of H-pyrrole nitrogens is 1. The van der Waals surface area contributed by atoms with Crippen molar-refractivity contribution in [1.82, 2.24) is 24.2 Å². The summed E-state index contributed by atoms with van der Waals surface area (Å²) in [6, 6.07) is 1.66. The summed E-state index contributed by atoms with van der Waals surface area (Å²) in [5.41, 5.74) is 7.67. The number of aromatic amines is 1. The molecule has 0 aromatic carbocycles. The molecule has 0 spiro atoms. The summed E-state index contributed by atoms with van der Waals surface area (Å²) in [4.78, 5) is 19.7. The number of anilines is 1. The highest BCUT2D eigenvalue weighted by Crippen LogP contribution is 2.37. The van der Waals surface area contributed by atoms with E-state index in [1.54, 1.807) is 12.3 Å². The highest BCUT2D eigenvalue weighted by Gasteiger charge is 2.26. The van der Waals surface area contributed by atoms with E-state index in [1.165, 1.54) is 32.1 Å². The average Bonchev–Trinajstić information content (AvgIpc) is 3.30. The Morgan fingerprint density at radius 2 is 2.13 bits per heavy atom. The molecule has 4 heterocycles. The Hall–Kier alpha value is -1.92. The first-order valence-corrected chi connectivity index (χ1v) is 12.5. The molecule has 4 rings (SSSR count). The number of nitrogens with two attached hydrogens (primary N) is 1. The zero-order valence-corrected chi connectivity index (χ0v) is 19.9. The van der Waals surface area contributed by atoms with E-state index < -0.39 is 10.0 Å². The Kier molecular flexibility index (Phi) is 6.14. The van der Waals surface area contributed by atoms with Crippen molar-refractivity contribution < 1.29 is 8.42 Å². The number of nitrogens with zero attached hydrogens (tertiary/aromatic N) is 5. The lowest BCUT2D eigenvalue weighted by Crippen LogP contribution is -2.27. The van der Waals surface area contributed by atoms with Crippen molar-refractivity contribution >= 4 is 50.2 Å². The summed E-state index contributed by atoms with van der Waals surface area (Å²) < 4.78 is 26.1. The third kappa shape index (κ3) is 4.24. The predicted octanol–water partition coefficient (Wildman–Crippen LogP) is 2.51. The Morgan fingerprint density at radius 3 is 2.77 bits per heavy atom. The Labute approximate surface area is 190 Å². The molecule has 3 aromatic heterocycles. The third-order valence-electron chi connectivity index (χ3n) is 5.18. The molecule has 0 amide bonds. The van der Waals surface area contributed by atoms with Gasteiger partial charge in [-0.05, 0) is 30.7 Å². The van der Waals surface area contributed by atoms with Crippen molar-refractivity contribution in [3.05, 3.63) is 29.2 Å². The Morgan fingerprint density at radius 1 is 1.35 bits per heavy atom. The molecule has 1 fully saturated rings. The topological polar surface area (TPSA) is 121 Å². The van der Waals surface area contributed by atoms with Gasteiger partial charge in [-0.15, -0.1) is 0 Å². The molecule has 12 heteroatoms. The minimum atomic E-state index is -3.59. The largest absolute Gasteiger partial charge is 0.354 e.